The topological polar surface area (TPSA) is 29.0 Å². The van der Waals surface area contributed by atoms with E-state index in [-0.39, 0.29) is 12.4 Å². The molecule has 1 atom stereocenters. The highest BCUT2D eigenvalue weighted by molar-refractivity contribution is 5.85. The molecule has 3 heterocycles. The first-order valence-electron chi connectivity index (χ1n) is 6.91. The normalized spacial score (nSPS) is 19.4. The maximum Gasteiger partial charge on any atom is 0.0717 e. The third kappa shape index (κ3) is 3.17. The van der Waals surface area contributed by atoms with Crippen LogP contribution in [0.5, 0.6) is 0 Å². The van der Waals surface area contributed by atoms with E-state index in [2.05, 4.69) is 34.0 Å². The first-order chi connectivity index (χ1) is 9.34. The van der Waals surface area contributed by atoms with Crippen LogP contribution in [-0.2, 0) is 0 Å². The molecule has 0 aliphatic carbocycles. The fourth-order valence-corrected chi connectivity index (χ4v) is 2.78. The Balaban J connectivity index is 0.00000147. The average molecular weight is 290 g/mol. The van der Waals surface area contributed by atoms with Crippen molar-refractivity contribution in [2.45, 2.75) is 25.3 Å². The molecule has 2 aromatic rings. The summed E-state index contributed by atoms with van der Waals surface area (Å²) in [4.78, 5) is 11.2. The molecule has 1 unspecified atom stereocenters. The standard InChI is InChI=1S/C16H19N3.ClH/c1-19-10-3-2-6-16(19)14-7-8-15(18-12-14)13-5-4-9-17-11-13;/h4-5,7-9,11-12,16H,2-3,6,10H2,1H3;1H. The fraction of sp³-hybridized carbons (Fsp3) is 0.375. The number of hydrogen-bond donors (Lipinski definition) is 0. The van der Waals surface area contributed by atoms with Crippen LogP contribution in [0.15, 0.2) is 42.9 Å². The van der Waals surface area contributed by atoms with Gasteiger partial charge in [0.25, 0.3) is 0 Å². The maximum absolute atomic E-state index is 4.59. The van der Waals surface area contributed by atoms with Crippen molar-refractivity contribution in [3.8, 4) is 11.3 Å². The molecule has 1 fully saturated rings. The SMILES string of the molecule is CN1CCCCC1c1ccc(-c2cccnc2)nc1.Cl. The third-order valence-electron chi connectivity index (χ3n) is 3.90. The lowest BCUT2D eigenvalue weighted by molar-refractivity contribution is 0.187. The van der Waals surface area contributed by atoms with E-state index in [1.165, 1.54) is 31.4 Å². The Morgan fingerprint density at radius 3 is 2.70 bits per heavy atom. The van der Waals surface area contributed by atoms with Crippen molar-refractivity contribution in [2.75, 3.05) is 13.6 Å². The second-order valence-corrected chi connectivity index (χ2v) is 5.21. The van der Waals surface area contributed by atoms with E-state index in [1.807, 2.05) is 24.5 Å². The maximum atomic E-state index is 4.59. The minimum Gasteiger partial charge on any atom is -0.299 e. The Morgan fingerprint density at radius 1 is 1.15 bits per heavy atom. The average Bonchev–Trinajstić information content (AvgIpc) is 2.49. The monoisotopic (exact) mass is 289 g/mol. The van der Waals surface area contributed by atoms with Gasteiger partial charge in [-0.05, 0) is 50.2 Å². The van der Waals surface area contributed by atoms with E-state index < -0.39 is 0 Å². The first-order valence-corrected chi connectivity index (χ1v) is 6.91. The zero-order valence-electron chi connectivity index (χ0n) is 11.7. The lowest BCUT2D eigenvalue weighted by atomic mass is 9.97. The Bertz CT molecular complexity index is 527. The molecule has 0 amide bonds. The van der Waals surface area contributed by atoms with Gasteiger partial charge in [-0.1, -0.05) is 12.5 Å². The Labute approximate surface area is 126 Å². The molecule has 3 nitrogen and oxygen atoms in total. The van der Waals surface area contributed by atoms with E-state index in [0.29, 0.717) is 6.04 Å². The van der Waals surface area contributed by atoms with Crippen LogP contribution in [0.2, 0.25) is 0 Å². The van der Waals surface area contributed by atoms with Gasteiger partial charge in [0.2, 0.25) is 0 Å². The van der Waals surface area contributed by atoms with Gasteiger partial charge in [0.15, 0.2) is 0 Å². The van der Waals surface area contributed by atoms with Gasteiger partial charge in [0, 0.05) is 30.2 Å². The molecule has 0 aromatic carbocycles. The summed E-state index contributed by atoms with van der Waals surface area (Å²) >= 11 is 0. The molecule has 0 spiro atoms. The van der Waals surface area contributed by atoms with Crippen molar-refractivity contribution in [1.29, 1.82) is 0 Å². The van der Waals surface area contributed by atoms with Gasteiger partial charge in [-0.3, -0.25) is 14.9 Å². The summed E-state index contributed by atoms with van der Waals surface area (Å²) in [6, 6.07) is 8.84. The predicted molar refractivity (Wildman–Crippen MR) is 83.9 cm³/mol. The summed E-state index contributed by atoms with van der Waals surface area (Å²) in [5, 5.41) is 0. The number of halogens is 1. The Morgan fingerprint density at radius 2 is 2.05 bits per heavy atom. The quantitative estimate of drug-likeness (QED) is 0.844. The number of rotatable bonds is 2. The zero-order chi connectivity index (χ0) is 13.1. The summed E-state index contributed by atoms with van der Waals surface area (Å²) in [6.45, 7) is 1.19. The van der Waals surface area contributed by atoms with Crippen molar-refractivity contribution in [1.82, 2.24) is 14.9 Å². The van der Waals surface area contributed by atoms with E-state index in [4.69, 9.17) is 0 Å². The van der Waals surface area contributed by atoms with Crippen LogP contribution in [0.4, 0.5) is 0 Å². The Hall–Kier alpha value is -1.45. The molecule has 3 rings (SSSR count). The second kappa shape index (κ2) is 6.82. The molecule has 0 N–H and O–H groups in total. The predicted octanol–water partition coefficient (Wildman–Crippen LogP) is 3.72. The molecule has 1 aliphatic heterocycles. The second-order valence-electron chi connectivity index (χ2n) is 5.21. The van der Waals surface area contributed by atoms with Gasteiger partial charge in [-0.25, -0.2) is 0 Å². The number of aromatic nitrogens is 2. The molecule has 2 aromatic heterocycles. The molecule has 0 bridgehead atoms. The van der Waals surface area contributed by atoms with Gasteiger partial charge in [-0.2, -0.15) is 0 Å². The van der Waals surface area contributed by atoms with Crippen molar-refractivity contribution >= 4 is 12.4 Å². The van der Waals surface area contributed by atoms with E-state index in [1.54, 1.807) is 6.20 Å². The van der Waals surface area contributed by atoms with Crippen molar-refractivity contribution in [3.63, 3.8) is 0 Å². The van der Waals surface area contributed by atoms with Crippen molar-refractivity contribution < 1.29 is 0 Å². The van der Waals surface area contributed by atoms with Gasteiger partial charge >= 0.3 is 0 Å². The van der Waals surface area contributed by atoms with Crippen molar-refractivity contribution in [3.05, 3.63) is 48.4 Å². The first kappa shape index (κ1) is 14.9. The van der Waals surface area contributed by atoms with E-state index >= 15 is 0 Å². The molecule has 106 valence electrons. The zero-order valence-corrected chi connectivity index (χ0v) is 12.5. The van der Waals surface area contributed by atoms with Crippen LogP contribution < -0.4 is 0 Å². The minimum absolute atomic E-state index is 0. The molecular weight excluding hydrogens is 270 g/mol. The number of nitrogens with zero attached hydrogens (tertiary/aromatic N) is 3. The van der Waals surface area contributed by atoms with E-state index in [9.17, 15) is 0 Å². The number of piperidine rings is 1. The molecule has 1 saturated heterocycles. The molecule has 1 aliphatic rings. The van der Waals surface area contributed by atoms with Crippen LogP contribution >= 0.6 is 12.4 Å². The summed E-state index contributed by atoms with van der Waals surface area (Å²) < 4.78 is 0. The van der Waals surface area contributed by atoms with Crippen molar-refractivity contribution in [2.24, 2.45) is 0 Å². The summed E-state index contributed by atoms with van der Waals surface area (Å²) in [6.07, 6.45) is 9.54. The van der Waals surface area contributed by atoms with Crippen LogP contribution in [0.3, 0.4) is 0 Å². The van der Waals surface area contributed by atoms with Gasteiger partial charge in [0.05, 0.1) is 5.69 Å². The van der Waals surface area contributed by atoms with Crippen LogP contribution in [0.25, 0.3) is 11.3 Å². The number of likely N-dealkylation sites (tertiary alicyclic amines) is 1. The minimum atomic E-state index is 0. The molecular formula is C16H20ClN3. The van der Waals surface area contributed by atoms with Crippen LogP contribution in [0.1, 0.15) is 30.9 Å². The lowest BCUT2D eigenvalue weighted by Crippen LogP contribution is -2.29. The summed E-state index contributed by atoms with van der Waals surface area (Å²) in [5.41, 5.74) is 3.40. The smallest absolute Gasteiger partial charge is 0.0717 e. The van der Waals surface area contributed by atoms with Gasteiger partial charge in [-0.15, -0.1) is 12.4 Å². The molecule has 20 heavy (non-hydrogen) atoms. The lowest BCUT2D eigenvalue weighted by Gasteiger charge is -2.32. The summed E-state index contributed by atoms with van der Waals surface area (Å²) in [7, 11) is 2.21. The highest BCUT2D eigenvalue weighted by Gasteiger charge is 2.20. The molecule has 4 heteroatoms. The van der Waals surface area contributed by atoms with Gasteiger partial charge < -0.3 is 0 Å². The number of hydrogen-bond acceptors (Lipinski definition) is 3. The molecule has 0 radical (unpaired) electrons. The fourth-order valence-electron chi connectivity index (χ4n) is 2.78. The van der Waals surface area contributed by atoms with E-state index in [0.717, 1.165) is 11.3 Å². The largest absolute Gasteiger partial charge is 0.299 e. The highest BCUT2D eigenvalue weighted by atomic mass is 35.5. The summed E-state index contributed by atoms with van der Waals surface area (Å²) in [5.74, 6) is 0. The van der Waals surface area contributed by atoms with Crippen LogP contribution in [0, 0.1) is 0 Å². The van der Waals surface area contributed by atoms with Crippen LogP contribution in [-0.4, -0.2) is 28.5 Å². The third-order valence-corrected chi connectivity index (χ3v) is 3.90. The highest BCUT2D eigenvalue weighted by Crippen LogP contribution is 2.29. The van der Waals surface area contributed by atoms with Gasteiger partial charge in [0.1, 0.15) is 0 Å². The molecule has 0 saturated carbocycles. The Kier molecular flexibility index (Phi) is 5.10. The number of pyridine rings is 2.